The molecule has 0 fully saturated rings. The fourth-order valence-corrected chi connectivity index (χ4v) is 3.88. The first-order valence-electron chi connectivity index (χ1n) is 10.9. The number of fused-ring (bicyclic) bond motifs is 1. The summed E-state index contributed by atoms with van der Waals surface area (Å²) in [5.41, 5.74) is 4.65. The number of hydrogen-bond donors (Lipinski definition) is 1. The van der Waals surface area contributed by atoms with E-state index in [4.69, 9.17) is 4.98 Å². The summed E-state index contributed by atoms with van der Waals surface area (Å²) in [6.45, 7) is 4.67. The first kappa shape index (κ1) is 20.6. The van der Waals surface area contributed by atoms with Crippen LogP contribution in [0.2, 0.25) is 0 Å². The molecule has 3 heterocycles. The maximum atomic E-state index is 13.5. The van der Waals surface area contributed by atoms with Crippen LogP contribution >= 0.6 is 0 Å². The number of benzene rings is 2. The van der Waals surface area contributed by atoms with Gasteiger partial charge in [0.1, 0.15) is 0 Å². The summed E-state index contributed by atoms with van der Waals surface area (Å²) in [6, 6.07) is 21.5. The molecule has 2 aromatic carbocycles. The molecule has 0 saturated carbocycles. The molecule has 0 aliphatic heterocycles. The van der Waals surface area contributed by atoms with Crippen LogP contribution in [0.25, 0.3) is 22.3 Å². The average Bonchev–Trinajstić information content (AvgIpc) is 3.50. The molecule has 0 aliphatic rings. The molecule has 5 aromatic rings. The van der Waals surface area contributed by atoms with E-state index < -0.39 is 0 Å². The second-order valence-corrected chi connectivity index (χ2v) is 8.16. The number of nitrogens with zero attached hydrogens (tertiary/aromatic N) is 5. The van der Waals surface area contributed by atoms with E-state index in [9.17, 15) is 4.79 Å². The first-order valence-corrected chi connectivity index (χ1v) is 10.9. The van der Waals surface area contributed by atoms with E-state index in [1.165, 1.54) is 0 Å². The smallest absolute Gasteiger partial charge is 0.256 e. The van der Waals surface area contributed by atoms with Gasteiger partial charge in [0.25, 0.3) is 5.91 Å². The van der Waals surface area contributed by atoms with Crippen molar-refractivity contribution in [3.63, 3.8) is 0 Å². The van der Waals surface area contributed by atoms with Gasteiger partial charge in [0.05, 0.1) is 29.4 Å². The van der Waals surface area contributed by atoms with Crippen LogP contribution in [0.5, 0.6) is 0 Å². The number of rotatable bonds is 6. The third-order valence-corrected chi connectivity index (χ3v) is 5.53. The van der Waals surface area contributed by atoms with E-state index in [1.54, 1.807) is 12.4 Å². The van der Waals surface area contributed by atoms with Crippen molar-refractivity contribution in [1.82, 2.24) is 24.5 Å². The molecule has 164 valence electrons. The van der Waals surface area contributed by atoms with Crippen LogP contribution in [0, 0.1) is 0 Å². The highest BCUT2D eigenvalue weighted by Crippen LogP contribution is 2.27. The van der Waals surface area contributed by atoms with Crippen LogP contribution in [0.1, 0.15) is 35.8 Å². The quantitative estimate of drug-likeness (QED) is 0.398. The molecule has 3 aromatic heterocycles. The molecule has 1 amide bonds. The first-order chi connectivity index (χ1) is 16.1. The Balaban J connectivity index is 1.56. The van der Waals surface area contributed by atoms with Gasteiger partial charge in [-0.1, -0.05) is 48.5 Å². The highest BCUT2D eigenvalue weighted by atomic mass is 16.1. The number of pyridine rings is 1. The highest BCUT2D eigenvalue weighted by Gasteiger charge is 2.19. The molecule has 0 atom stereocenters. The van der Waals surface area contributed by atoms with E-state index in [2.05, 4.69) is 29.4 Å². The Morgan fingerprint density at radius 2 is 1.79 bits per heavy atom. The lowest BCUT2D eigenvalue weighted by Gasteiger charge is -2.13. The summed E-state index contributed by atoms with van der Waals surface area (Å²) in [7, 11) is 0. The topological polar surface area (TPSA) is 77.6 Å². The summed E-state index contributed by atoms with van der Waals surface area (Å²) in [4.78, 5) is 18.4. The lowest BCUT2D eigenvalue weighted by molar-refractivity contribution is 0.102. The minimum Gasteiger partial charge on any atom is -0.322 e. The fraction of sp³-hybridized carbons (Fsp3) is 0.154. The van der Waals surface area contributed by atoms with Crippen molar-refractivity contribution in [1.29, 1.82) is 0 Å². The summed E-state index contributed by atoms with van der Waals surface area (Å²) < 4.78 is 3.68. The van der Waals surface area contributed by atoms with Gasteiger partial charge in [-0.15, -0.1) is 0 Å². The maximum absolute atomic E-state index is 13.5. The Bertz CT molecular complexity index is 1400. The van der Waals surface area contributed by atoms with Crippen molar-refractivity contribution in [3.05, 3.63) is 96.4 Å². The molecule has 33 heavy (non-hydrogen) atoms. The number of carbonyl (C=O) groups is 1. The van der Waals surface area contributed by atoms with Crippen molar-refractivity contribution >= 4 is 22.6 Å². The Morgan fingerprint density at radius 1 is 1.00 bits per heavy atom. The predicted molar refractivity (Wildman–Crippen MR) is 129 cm³/mol. The molecule has 7 heteroatoms. The monoisotopic (exact) mass is 436 g/mol. The number of para-hydroxylation sites is 1. The number of anilines is 1. The van der Waals surface area contributed by atoms with Crippen molar-refractivity contribution in [2.75, 3.05) is 5.32 Å². The molecule has 0 spiro atoms. The normalized spacial score (nSPS) is 11.2. The molecule has 0 bridgehead atoms. The van der Waals surface area contributed by atoms with Gasteiger partial charge < -0.3 is 5.32 Å². The molecule has 0 saturated heterocycles. The van der Waals surface area contributed by atoms with E-state index in [-0.39, 0.29) is 11.9 Å². The van der Waals surface area contributed by atoms with Gasteiger partial charge >= 0.3 is 0 Å². The van der Waals surface area contributed by atoms with Crippen LogP contribution in [-0.2, 0) is 6.54 Å². The number of nitrogens with one attached hydrogen (secondary N) is 1. The summed E-state index contributed by atoms with van der Waals surface area (Å²) in [5, 5.41) is 12.6. The van der Waals surface area contributed by atoms with Crippen LogP contribution < -0.4 is 5.32 Å². The third-order valence-electron chi connectivity index (χ3n) is 5.53. The van der Waals surface area contributed by atoms with Crippen molar-refractivity contribution in [2.45, 2.75) is 26.4 Å². The fourth-order valence-electron chi connectivity index (χ4n) is 3.88. The van der Waals surface area contributed by atoms with E-state index >= 15 is 0 Å². The molecule has 7 nitrogen and oxygen atoms in total. The van der Waals surface area contributed by atoms with Crippen LogP contribution in [0.3, 0.4) is 0 Å². The van der Waals surface area contributed by atoms with Gasteiger partial charge in [-0.3, -0.25) is 9.48 Å². The standard InChI is InChI=1S/C26H24N6O/c1-18(2)32-25-22(16-28-32)21(15-24(29-25)19-9-4-3-5-10-19)26(33)30-23-12-7-6-11-20(23)17-31-14-8-13-27-31/h3-16,18H,17H2,1-2H3,(H,30,33). The summed E-state index contributed by atoms with van der Waals surface area (Å²) >= 11 is 0. The van der Waals surface area contributed by atoms with Gasteiger partial charge in [0.2, 0.25) is 0 Å². The zero-order valence-corrected chi connectivity index (χ0v) is 18.5. The lowest BCUT2D eigenvalue weighted by atomic mass is 10.1. The zero-order chi connectivity index (χ0) is 22.8. The lowest BCUT2D eigenvalue weighted by Crippen LogP contribution is -2.15. The second kappa shape index (κ2) is 8.70. The van der Waals surface area contributed by atoms with Crippen molar-refractivity contribution in [3.8, 4) is 11.3 Å². The molecule has 0 aliphatic carbocycles. The Hall–Kier alpha value is -4.26. The highest BCUT2D eigenvalue weighted by molar-refractivity contribution is 6.12. The summed E-state index contributed by atoms with van der Waals surface area (Å²) in [5.74, 6) is -0.198. The van der Waals surface area contributed by atoms with Gasteiger partial charge in [-0.05, 0) is 37.6 Å². The third kappa shape index (κ3) is 4.13. The van der Waals surface area contributed by atoms with Crippen molar-refractivity contribution < 1.29 is 4.79 Å². The number of aromatic nitrogens is 5. The number of amides is 1. The van der Waals surface area contributed by atoms with Crippen LogP contribution in [0.4, 0.5) is 5.69 Å². The molecule has 0 radical (unpaired) electrons. The van der Waals surface area contributed by atoms with Crippen LogP contribution in [0.15, 0.2) is 85.3 Å². The minimum atomic E-state index is -0.198. The predicted octanol–water partition coefficient (Wildman–Crippen LogP) is 5.18. The Kier molecular flexibility index (Phi) is 5.44. The van der Waals surface area contributed by atoms with Crippen molar-refractivity contribution in [2.24, 2.45) is 0 Å². The number of carbonyl (C=O) groups excluding carboxylic acids is 1. The van der Waals surface area contributed by atoms with Gasteiger partial charge in [-0.2, -0.15) is 10.2 Å². The minimum absolute atomic E-state index is 0.117. The summed E-state index contributed by atoms with van der Waals surface area (Å²) in [6.07, 6.45) is 5.37. The van der Waals surface area contributed by atoms with Gasteiger partial charge in [0.15, 0.2) is 5.65 Å². The Labute approximate surface area is 191 Å². The van der Waals surface area contributed by atoms with Gasteiger partial charge in [-0.25, -0.2) is 9.67 Å². The van der Waals surface area contributed by atoms with Gasteiger partial charge in [0, 0.05) is 29.7 Å². The largest absolute Gasteiger partial charge is 0.322 e. The second-order valence-electron chi connectivity index (χ2n) is 8.16. The van der Waals surface area contributed by atoms with E-state index in [0.717, 1.165) is 27.9 Å². The molecule has 0 unspecified atom stereocenters. The van der Waals surface area contributed by atoms with E-state index in [1.807, 2.05) is 82.3 Å². The van der Waals surface area contributed by atoms with E-state index in [0.29, 0.717) is 17.8 Å². The SMILES string of the molecule is CC(C)n1ncc2c(C(=O)Nc3ccccc3Cn3cccn3)cc(-c3ccccc3)nc21. The Morgan fingerprint density at radius 3 is 2.55 bits per heavy atom. The number of hydrogen-bond acceptors (Lipinski definition) is 4. The molecular formula is C26H24N6O. The molecule has 5 rings (SSSR count). The van der Waals surface area contributed by atoms with Crippen LogP contribution in [-0.4, -0.2) is 30.5 Å². The zero-order valence-electron chi connectivity index (χ0n) is 18.5. The molecular weight excluding hydrogens is 412 g/mol. The maximum Gasteiger partial charge on any atom is 0.256 e. The average molecular weight is 437 g/mol. The molecule has 1 N–H and O–H groups in total.